The molecule has 2 fully saturated rings. The van der Waals surface area contributed by atoms with Crippen LogP contribution in [0.4, 0.5) is 4.79 Å². The van der Waals surface area contributed by atoms with E-state index in [1.54, 1.807) is 19.0 Å². The molecular weight excluding hydrogens is 546 g/mol. The highest BCUT2D eigenvalue weighted by atomic mass is 79.9. The van der Waals surface area contributed by atoms with Gasteiger partial charge in [0.25, 0.3) is 0 Å². The Morgan fingerprint density at radius 3 is 2.67 bits per heavy atom. The zero-order chi connectivity index (χ0) is 25.4. The third-order valence-corrected chi connectivity index (χ3v) is 7.78. The molecule has 0 spiro atoms. The molecule has 1 aliphatic heterocycles. The van der Waals surface area contributed by atoms with E-state index in [9.17, 15) is 4.79 Å². The Labute approximate surface area is 224 Å². The van der Waals surface area contributed by atoms with Crippen LogP contribution in [-0.2, 0) is 19.6 Å². The lowest BCUT2D eigenvalue weighted by atomic mass is 10.2. The molecule has 1 aliphatic carbocycles. The van der Waals surface area contributed by atoms with E-state index >= 15 is 0 Å². The number of piperazine rings is 1. The van der Waals surface area contributed by atoms with Crippen molar-refractivity contribution in [1.82, 2.24) is 29.7 Å². The van der Waals surface area contributed by atoms with Crippen molar-refractivity contribution in [2.24, 2.45) is 5.92 Å². The van der Waals surface area contributed by atoms with E-state index in [0.29, 0.717) is 42.9 Å². The largest absolute Gasteiger partial charge is 0.404 e. The number of nitrogens with zero attached hydrogens (tertiary/aromatic N) is 7. The summed E-state index contributed by atoms with van der Waals surface area (Å²) in [4.78, 5) is 18.2. The van der Waals surface area contributed by atoms with Crippen molar-refractivity contribution in [2.45, 2.75) is 39.4 Å². The van der Waals surface area contributed by atoms with Crippen LogP contribution in [0.3, 0.4) is 0 Å². The predicted molar refractivity (Wildman–Crippen MR) is 141 cm³/mol. The quantitative estimate of drug-likeness (QED) is 0.395. The lowest BCUT2D eigenvalue weighted by Crippen LogP contribution is -2.51. The average molecular weight is 578 g/mol. The number of pyridine rings is 1. The molecule has 1 saturated heterocycles. The number of fused-ring (bicyclic) bond motifs is 1. The van der Waals surface area contributed by atoms with Gasteiger partial charge in [-0.2, -0.15) is 4.57 Å². The van der Waals surface area contributed by atoms with Gasteiger partial charge in [0.2, 0.25) is 0 Å². The van der Waals surface area contributed by atoms with Gasteiger partial charge in [0.05, 0.1) is 15.6 Å². The Balaban J connectivity index is 1.38. The first-order chi connectivity index (χ1) is 17.3. The second-order valence-corrected chi connectivity index (χ2v) is 11.0. The number of amides is 2. The number of aryl methyl sites for hydroxylation is 1. The second kappa shape index (κ2) is 10.5. The third kappa shape index (κ3) is 5.31. The molecule has 2 aromatic heterocycles. The molecule has 11 heteroatoms. The van der Waals surface area contributed by atoms with Crippen molar-refractivity contribution >= 4 is 44.6 Å². The maximum Gasteiger partial charge on any atom is 0.378 e. The summed E-state index contributed by atoms with van der Waals surface area (Å²) in [5.41, 5.74) is 2.81. The maximum atomic E-state index is 12.3. The monoisotopic (exact) mass is 576 g/mol. The van der Waals surface area contributed by atoms with Crippen molar-refractivity contribution in [3.05, 3.63) is 39.5 Å². The smallest absolute Gasteiger partial charge is 0.378 e. The van der Waals surface area contributed by atoms with Gasteiger partial charge in [0.1, 0.15) is 17.1 Å². The van der Waals surface area contributed by atoms with Crippen molar-refractivity contribution in [3.8, 4) is 11.6 Å². The van der Waals surface area contributed by atoms with Crippen LogP contribution in [0.15, 0.2) is 28.9 Å². The molecule has 0 atom stereocenters. The molecule has 192 valence electrons. The van der Waals surface area contributed by atoms with Gasteiger partial charge in [-0.1, -0.05) is 16.8 Å². The van der Waals surface area contributed by atoms with Crippen molar-refractivity contribution in [3.63, 3.8) is 0 Å². The summed E-state index contributed by atoms with van der Waals surface area (Å²) < 4.78 is 11.4. The number of rotatable bonds is 7. The molecule has 3 heterocycles. The molecule has 0 radical (unpaired) electrons. The summed E-state index contributed by atoms with van der Waals surface area (Å²) in [5.74, 6) is 2.15. The Kier molecular flexibility index (Phi) is 7.37. The van der Waals surface area contributed by atoms with Gasteiger partial charge in [-0.15, -0.1) is 5.10 Å². The topological polar surface area (TPSA) is 70.6 Å². The van der Waals surface area contributed by atoms with E-state index < -0.39 is 0 Å². The third-order valence-electron chi connectivity index (χ3n) is 6.81. The summed E-state index contributed by atoms with van der Waals surface area (Å²) in [6.07, 6.45) is 4.43. The van der Waals surface area contributed by atoms with Crippen molar-refractivity contribution < 1.29 is 14.1 Å². The number of hydrogen-bond donors (Lipinski definition) is 0. The minimum absolute atomic E-state index is 0.0551. The fourth-order valence-corrected chi connectivity index (χ4v) is 5.34. The lowest BCUT2D eigenvalue weighted by Gasteiger charge is -2.35. The highest BCUT2D eigenvalue weighted by Crippen LogP contribution is 2.37. The number of carbonyl (C=O) groups excluding carboxylic acids is 1. The SMILES string of the molecule is CC[n+]1cc(Cl)cc(CN2CCN(C(=O)N(C)C)CC2)c1Oc1ccc2c(nnn2CC2CC2)c1Br. The molecule has 0 unspecified atom stereocenters. The number of benzene rings is 1. The summed E-state index contributed by atoms with van der Waals surface area (Å²) in [5, 5.41) is 9.46. The highest BCUT2D eigenvalue weighted by molar-refractivity contribution is 9.10. The zero-order valence-electron chi connectivity index (χ0n) is 21.0. The summed E-state index contributed by atoms with van der Waals surface area (Å²) in [6, 6.07) is 6.03. The lowest BCUT2D eigenvalue weighted by molar-refractivity contribution is -0.697. The molecule has 2 aliphatic rings. The fraction of sp³-hybridized carbons (Fsp3) is 0.520. The number of aromatic nitrogens is 4. The summed E-state index contributed by atoms with van der Waals surface area (Å²) >= 11 is 10.2. The second-order valence-electron chi connectivity index (χ2n) is 9.78. The first-order valence-corrected chi connectivity index (χ1v) is 13.6. The zero-order valence-corrected chi connectivity index (χ0v) is 23.3. The standard InChI is InChI=1S/C25H32BrClN7O2/c1-4-32-16-19(27)13-18(15-31-9-11-33(12-10-31)25(35)30(2)3)24(32)36-21-8-7-20-23(22(21)26)28-29-34(20)14-17-5-6-17/h7-8,13,16-17H,4-6,9-12,14-15H2,1-3H3/q+1. The van der Waals surface area contributed by atoms with E-state index in [2.05, 4.69) is 38.1 Å². The number of urea groups is 1. The predicted octanol–water partition coefficient (Wildman–Crippen LogP) is 4.16. The van der Waals surface area contributed by atoms with Crippen LogP contribution in [0.25, 0.3) is 11.0 Å². The van der Waals surface area contributed by atoms with Crippen molar-refractivity contribution in [2.75, 3.05) is 40.3 Å². The Hall–Kier alpha value is -2.43. The van der Waals surface area contributed by atoms with Crippen LogP contribution in [0.5, 0.6) is 11.6 Å². The first kappa shape index (κ1) is 25.2. The normalized spacial score (nSPS) is 16.5. The molecule has 2 amide bonds. The molecule has 1 aromatic carbocycles. The van der Waals surface area contributed by atoms with E-state index in [-0.39, 0.29) is 6.03 Å². The van der Waals surface area contributed by atoms with Gasteiger partial charge >= 0.3 is 11.9 Å². The number of ether oxygens (including phenoxy) is 1. The van der Waals surface area contributed by atoms with Crippen LogP contribution in [0.2, 0.25) is 5.02 Å². The van der Waals surface area contributed by atoms with Crippen molar-refractivity contribution in [1.29, 1.82) is 0 Å². The van der Waals surface area contributed by atoms with Gasteiger partial charge in [0.15, 0.2) is 11.9 Å². The van der Waals surface area contributed by atoms with E-state index in [4.69, 9.17) is 16.3 Å². The Morgan fingerprint density at radius 1 is 1.25 bits per heavy atom. The van der Waals surface area contributed by atoms with E-state index in [1.807, 2.05) is 38.5 Å². The van der Waals surface area contributed by atoms with Crippen LogP contribution in [-0.4, -0.2) is 76.0 Å². The Bertz CT molecular complexity index is 1270. The van der Waals surface area contributed by atoms with Gasteiger partial charge in [-0.05, 0) is 59.8 Å². The molecule has 3 aromatic rings. The van der Waals surface area contributed by atoms with Crippen LogP contribution in [0, 0.1) is 5.92 Å². The van der Waals surface area contributed by atoms with Crippen LogP contribution in [0.1, 0.15) is 25.3 Å². The van der Waals surface area contributed by atoms with Crippen LogP contribution < -0.4 is 9.30 Å². The number of hydrogen-bond acceptors (Lipinski definition) is 5. The van der Waals surface area contributed by atoms with E-state index in [0.717, 1.165) is 46.6 Å². The molecule has 0 bridgehead atoms. The molecule has 5 rings (SSSR count). The minimum Gasteiger partial charge on any atom is -0.404 e. The summed E-state index contributed by atoms with van der Waals surface area (Å²) in [6.45, 7) is 7.34. The minimum atomic E-state index is 0.0551. The van der Waals surface area contributed by atoms with Crippen LogP contribution >= 0.6 is 27.5 Å². The molecule has 36 heavy (non-hydrogen) atoms. The Morgan fingerprint density at radius 2 is 2.00 bits per heavy atom. The fourth-order valence-electron chi connectivity index (χ4n) is 4.60. The summed E-state index contributed by atoms with van der Waals surface area (Å²) in [7, 11) is 3.58. The maximum absolute atomic E-state index is 12.3. The number of carbonyl (C=O) groups is 1. The van der Waals surface area contributed by atoms with Gasteiger partial charge in [0, 0.05) is 53.4 Å². The van der Waals surface area contributed by atoms with E-state index in [1.165, 1.54) is 12.8 Å². The van der Waals surface area contributed by atoms with Gasteiger partial charge in [-0.25, -0.2) is 9.48 Å². The molecule has 0 N–H and O–H groups in total. The molecular formula is C25H32BrClN7O2+. The average Bonchev–Trinajstić information content (AvgIpc) is 3.59. The number of halogens is 2. The highest BCUT2D eigenvalue weighted by Gasteiger charge is 2.28. The molecule has 9 nitrogen and oxygen atoms in total. The first-order valence-electron chi connectivity index (χ1n) is 12.4. The molecule has 1 saturated carbocycles. The van der Waals surface area contributed by atoms with Gasteiger partial charge < -0.3 is 14.5 Å². The van der Waals surface area contributed by atoms with Gasteiger partial charge in [-0.3, -0.25) is 4.90 Å².